The number of carbonyl (C=O) groups excluding carboxylic acids is 3. The highest BCUT2D eigenvalue weighted by atomic mass is 16.5. The van der Waals surface area contributed by atoms with E-state index in [1.54, 1.807) is 42.5 Å². The number of aromatic nitrogens is 1. The monoisotopic (exact) mass is 426 g/mol. The van der Waals surface area contributed by atoms with Crippen molar-refractivity contribution < 1.29 is 19.1 Å². The van der Waals surface area contributed by atoms with E-state index in [2.05, 4.69) is 13.8 Å². The molecule has 0 N–H and O–H groups in total. The van der Waals surface area contributed by atoms with Crippen LogP contribution >= 0.6 is 0 Å². The van der Waals surface area contributed by atoms with Crippen LogP contribution in [0.4, 0.5) is 0 Å². The number of benzene rings is 1. The van der Waals surface area contributed by atoms with Gasteiger partial charge in [-0.3, -0.25) is 9.59 Å². The second-order valence-corrected chi connectivity index (χ2v) is 8.41. The normalized spacial score (nSPS) is 11.0. The SMILES string of the molecule is CCOC(=O)c1c(C)c(C(=O)CN(CCC(C)C)C(=O)c2ccc(C)cc2)c(C)n1C. The topological polar surface area (TPSA) is 68.6 Å². The third kappa shape index (κ3) is 5.63. The molecule has 0 fully saturated rings. The number of amides is 1. The molecule has 0 unspecified atom stereocenters. The molecule has 31 heavy (non-hydrogen) atoms. The van der Waals surface area contributed by atoms with Crippen molar-refractivity contribution in [2.24, 2.45) is 13.0 Å². The van der Waals surface area contributed by atoms with Crippen LogP contribution in [0, 0.1) is 26.7 Å². The summed E-state index contributed by atoms with van der Waals surface area (Å²) in [4.78, 5) is 40.5. The van der Waals surface area contributed by atoms with Crippen LogP contribution in [-0.2, 0) is 11.8 Å². The van der Waals surface area contributed by atoms with Gasteiger partial charge >= 0.3 is 5.97 Å². The van der Waals surface area contributed by atoms with Gasteiger partial charge in [-0.2, -0.15) is 0 Å². The van der Waals surface area contributed by atoms with Gasteiger partial charge in [-0.1, -0.05) is 31.5 Å². The summed E-state index contributed by atoms with van der Waals surface area (Å²) in [6.45, 7) is 12.2. The van der Waals surface area contributed by atoms with Crippen LogP contribution in [0.15, 0.2) is 24.3 Å². The quantitative estimate of drug-likeness (QED) is 0.437. The van der Waals surface area contributed by atoms with Crippen LogP contribution in [0.25, 0.3) is 0 Å². The largest absolute Gasteiger partial charge is 0.461 e. The minimum Gasteiger partial charge on any atom is -0.461 e. The highest BCUT2D eigenvalue weighted by molar-refractivity contribution is 6.06. The van der Waals surface area contributed by atoms with Crippen molar-refractivity contribution in [3.05, 3.63) is 57.9 Å². The van der Waals surface area contributed by atoms with Gasteiger partial charge in [-0.15, -0.1) is 0 Å². The Kier molecular flexibility index (Phi) is 8.20. The molecule has 0 bridgehead atoms. The molecule has 6 nitrogen and oxygen atoms in total. The van der Waals surface area contributed by atoms with E-state index in [4.69, 9.17) is 4.74 Å². The van der Waals surface area contributed by atoms with E-state index in [-0.39, 0.29) is 24.8 Å². The highest BCUT2D eigenvalue weighted by Crippen LogP contribution is 2.23. The van der Waals surface area contributed by atoms with E-state index >= 15 is 0 Å². The number of esters is 1. The molecule has 0 saturated heterocycles. The molecule has 0 atom stereocenters. The molecule has 0 aliphatic carbocycles. The third-order valence-electron chi connectivity index (χ3n) is 5.57. The fraction of sp³-hybridized carbons (Fsp3) is 0.480. The fourth-order valence-electron chi connectivity index (χ4n) is 3.67. The van der Waals surface area contributed by atoms with Gasteiger partial charge in [0.2, 0.25) is 0 Å². The van der Waals surface area contributed by atoms with Gasteiger partial charge in [0.1, 0.15) is 5.69 Å². The Labute approximate surface area is 185 Å². The summed E-state index contributed by atoms with van der Waals surface area (Å²) < 4.78 is 6.85. The van der Waals surface area contributed by atoms with E-state index in [9.17, 15) is 14.4 Å². The maximum atomic E-state index is 13.3. The van der Waals surface area contributed by atoms with E-state index in [0.717, 1.165) is 12.0 Å². The third-order valence-corrected chi connectivity index (χ3v) is 5.57. The zero-order valence-corrected chi connectivity index (χ0v) is 19.7. The Morgan fingerprint density at radius 2 is 1.68 bits per heavy atom. The maximum absolute atomic E-state index is 13.3. The van der Waals surface area contributed by atoms with Gasteiger partial charge in [0.05, 0.1) is 13.2 Å². The Hall–Kier alpha value is -2.89. The molecule has 0 spiro atoms. The first kappa shape index (κ1) is 24.4. The molecule has 0 aliphatic heterocycles. The fourth-order valence-corrected chi connectivity index (χ4v) is 3.67. The lowest BCUT2D eigenvalue weighted by atomic mass is 10.0. The molecule has 0 radical (unpaired) electrons. The number of nitrogens with zero attached hydrogens (tertiary/aromatic N) is 2. The van der Waals surface area contributed by atoms with Crippen molar-refractivity contribution in [2.75, 3.05) is 19.7 Å². The summed E-state index contributed by atoms with van der Waals surface area (Å²) in [6.07, 6.45) is 0.797. The van der Waals surface area contributed by atoms with Crippen LogP contribution in [0.1, 0.15) is 75.2 Å². The molecule has 2 rings (SSSR count). The Bertz CT molecular complexity index is 955. The average Bonchev–Trinajstić information content (AvgIpc) is 2.93. The summed E-state index contributed by atoms with van der Waals surface area (Å²) in [6, 6.07) is 7.38. The molecule has 0 saturated carbocycles. The highest BCUT2D eigenvalue weighted by Gasteiger charge is 2.28. The Balaban J connectivity index is 2.35. The van der Waals surface area contributed by atoms with E-state index in [1.807, 2.05) is 26.0 Å². The molecule has 1 heterocycles. The lowest BCUT2D eigenvalue weighted by Gasteiger charge is -2.23. The van der Waals surface area contributed by atoms with Crippen molar-refractivity contribution in [1.82, 2.24) is 9.47 Å². The second kappa shape index (κ2) is 10.4. The Morgan fingerprint density at radius 3 is 2.23 bits per heavy atom. The molecule has 0 aliphatic rings. The molecule has 1 amide bonds. The number of ether oxygens (including phenoxy) is 1. The van der Waals surface area contributed by atoms with Crippen LogP contribution in [0.5, 0.6) is 0 Å². The first-order valence-electron chi connectivity index (χ1n) is 10.8. The summed E-state index contributed by atoms with van der Waals surface area (Å²) >= 11 is 0. The lowest BCUT2D eigenvalue weighted by Crippen LogP contribution is -2.37. The van der Waals surface area contributed by atoms with Gasteiger partial charge in [0, 0.05) is 30.4 Å². The standard InChI is InChI=1S/C25H34N2O4/c1-8-31-25(30)23-18(5)22(19(6)26(23)7)21(28)15-27(14-13-16(2)3)24(29)20-11-9-17(4)10-12-20/h9-12,16H,8,13-15H2,1-7H3. The number of Topliss-reactive ketones (excluding diaryl/α,β-unsaturated/α-hetero) is 1. The average molecular weight is 427 g/mol. The Morgan fingerprint density at radius 1 is 1.06 bits per heavy atom. The molecule has 6 heteroatoms. The first-order valence-corrected chi connectivity index (χ1v) is 10.8. The van der Waals surface area contributed by atoms with Crippen molar-refractivity contribution >= 4 is 17.7 Å². The predicted octanol–water partition coefficient (Wildman–Crippen LogP) is 4.50. The number of ketones is 1. The van der Waals surface area contributed by atoms with E-state index < -0.39 is 5.97 Å². The molecule has 1 aromatic heterocycles. The minimum atomic E-state index is -0.447. The van der Waals surface area contributed by atoms with Crippen molar-refractivity contribution in [2.45, 2.75) is 48.0 Å². The predicted molar refractivity (Wildman–Crippen MR) is 122 cm³/mol. The number of rotatable bonds is 9. The van der Waals surface area contributed by atoms with Gasteiger partial charge in [-0.05, 0) is 57.7 Å². The van der Waals surface area contributed by atoms with Crippen LogP contribution < -0.4 is 0 Å². The number of aryl methyl sites for hydroxylation is 1. The molecule has 2 aromatic rings. The minimum absolute atomic E-state index is 0.0343. The van der Waals surface area contributed by atoms with Crippen molar-refractivity contribution in [3.8, 4) is 0 Å². The number of hydrogen-bond acceptors (Lipinski definition) is 4. The number of hydrogen-bond donors (Lipinski definition) is 0. The van der Waals surface area contributed by atoms with Crippen molar-refractivity contribution in [3.63, 3.8) is 0 Å². The maximum Gasteiger partial charge on any atom is 0.355 e. The van der Waals surface area contributed by atoms with Crippen LogP contribution in [-0.4, -0.2) is 46.8 Å². The summed E-state index contributed by atoms with van der Waals surface area (Å²) in [5.41, 5.74) is 3.78. The molecular weight excluding hydrogens is 392 g/mol. The van der Waals surface area contributed by atoms with E-state index in [0.29, 0.717) is 40.5 Å². The van der Waals surface area contributed by atoms with Crippen molar-refractivity contribution in [1.29, 1.82) is 0 Å². The number of carbonyl (C=O) groups is 3. The first-order chi connectivity index (χ1) is 14.6. The summed E-state index contributed by atoms with van der Waals surface area (Å²) in [7, 11) is 1.75. The van der Waals surface area contributed by atoms with Gasteiger partial charge < -0.3 is 14.2 Å². The summed E-state index contributed by atoms with van der Waals surface area (Å²) in [5.74, 6) is -0.382. The molecule has 1 aromatic carbocycles. The van der Waals surface area contributed by atoms with Gasteiger partial charge in [-0.25, -0.2) is 4.79 Å². The lowest BCUT2D eigenvalue weighted by molar-refractivity contribution is 0.0514. The van der Waals surface area contributed by atoms with Gasteiger partial charge in [0.25, 0.3) is 5.91 Å². The summed E-state index contributed by atoms with van der Waals surface area (Å²) in [5, 5.41) is 0. The zero-order chi connectivity index (χ0) is 23.3. The van der Waals surface area contributed by atoms with Crippen LogP contribution in [0.2, 0.25) is 0 Å². The van der Waals surface area contributed by atoms with Gasteiger partial charge in [0.15, 0.2) is 5.78 Å². The van der Waals surface area contributed by atoms with E-state index in [1.165, 1.54) is 0 Å². The molecule has 168 valence electrons. The smallest absolute Gasteiger partial charge is 0.355 e. The molecular formula is C25H34N2O4. The van der Waals surface area contributed by atoms with Crippen LogP contribution in [0.3, 0.4) is 0 Å². The second-order valence-electron chi connectivity index (χ2n) is 8.41. The zero-order valence-electron chi connectivity index (χ0n) is 19.7.